The van der Waals surface area contributed by atoms with E-state index < -0.39 is 0 Å². The summed E-state index contributed by atoms with van der Waals surface area (Å²) in [6.07, 6.45) is 1.86. The average Bonchev–Trinajstić information content (AvgIpc) is 2.69. The van der Waals surface area contributed by atoms with E-state index in [0.717, 1.165) is 12.8 Å². The summed E-state index contributed by atoms with van der Waals surface area (Å²) in [5, 5.41) is 6.25. The van der Waals surface area contributed by atoms with Crippen LogP contribution in [0.1, 0.15) is 32.4 Å². The van der Waals surface area contributed by atoms with E-state index in [0.29, 0.717) is 18.1 Å². The molecule has 0 spiro atoms. The van der Waals surface area contributed by atoms with Crippen LogP contribution in [0.25, 0.3) is 0 Å². The lowest BCUT2D eigenvalue weighted by Gasteiger charge is -2.19. The molecule has 1 aromatic heterocycles. The van der Waals surface area contributed by atoms with Gasteiger partial charge in [0.15, 0.2) is 5.82 Å². The van der Waals surface area contributed by atoms with E-state index in [-0.39, 0.29) is 18.4 Å². The highest BCUT2D eigenvalue weighted by atomic mass is 16.5. The van der Waals surface area contributed by atoms with Crippen molar-refractivity contribution in [3.05, 3.63) is 11.8 Å². The first kappa shape index (κ1) is 14.2. The molecule has 0 saturated carbocycles. The highest BCUT2D eigenvalue weighted by molar-refractivity contribution is 5.93. The Kier molecular flexibility index (Phi) is 5.35. The zero-order chi connectivity index (χ0) is 13.5. The Labute approximate surface area is 106 Å². The fourth-order valence-corrected chi connectivity index (χ4v) is 1.48. The highest BCUT2D eigenvalue weighted by Gasteiger charge is 2.14. The van der Waals surface area contributed by atoms with Gasteiger partial charge in [-0.15, -0.1) is 0 Å². The Balaban J connectivity index is 2.48. The van der Waals surface area contributed by atoms with Gasteiger partial charge in [-0.25, -0.2) is 0 Å². The van der Waals surface area contributed by atoms with Crippen LogP contribution < -0.4 is 5.32 Å². The van der Waals surface area contributed by atoms with E-state index in [4.69, 9.17) is 4.52 Å². The van der Waals surface area contributed by atoms with Gasteiger partial charge in [-0.3, -0.25) is 9.59 Å². The van der Waals surface area contributed by atoms with E-state index in [9.17, 15) is 9.59 Å². The number of anilines is 1. The van der Waals surface area contributed by atoms with Crippen LogP contribution in [0.4, 0.5) is 5.82 Å². The second-order valence-electron chi connectivity index (χ2n) is 4.17. The SMILES string of the molecule is CCCCN(CC(=O)Nc1cc(C)on1)C(C)=O. The Morgan fingerprint density at radius 3 is 2.72 bits per heavy atom. The van der Waals surface area contributed by atoms with Crippen LogP contribution in [-0.4, -0.2) is 35.0 Å². The van der Waals surface area contributed by atoms with Crippen molar-refractivity contribution in [2.24, 2.45) is 0 Å². The van der Waals surface area contributed by atoms with Crippen LogP contribution in [0.3, 0.4) is 0 Å². The maximum Gasteiger partial charge on any atom is 0.245 e. The number of unbranched alkanes of at least 4 members (excludes halogenated alkanes) is 1. The molecule has 0 atom stereocenters. The predicted octanol–water partition coefficient (Wildman–Crippen LogP) is 1.57. The van der Waals surface area contributed by atoms with Crippen LogP contribution in [-0.2, 0) is 9.59 Å². The predicted molar refractivity (Wildman–Crippen MR) is 67.0 cm³/mol. The smallest absolute Gasteiger partial charge is 0.245 e. The molecule has 0 bridgehead atoms. The third-order valence-corrected chi connectivity index (χ3v) is 2.46. The molecule has 0 aliphatic heterocycles. The lowest BCUT2D eigenvalue weighted by molar-refractivity contribution is -0.132. The van der Waals surface area contributed by atoms with Crippen LogP contribution >= 0.6 is 0 Å². The summed E-state index contributed by atoms with van der Waals surface area (Å²) in [6, 6.07) is 1.63. The number of amides is 2. The fourth-order valence-electron chi connectivity index (χ4n) is 1.48. The standard InChI is InChI=1S/C12H19N3O3/c1-4-5-6-15(10(3)16)8-12(17)13-11-7-9(2)18-14-11/h7H,4-6,8H2,1-3H3,(H,13,14,17). The first-order chi connectivity index (χ1) is 8.52. The van der Waals surface area contributed by atoms with E-state index >= 15 is 0 Å². The fraction of sp³-hybridized carbons (Fsp3) is 0.583. The molecule has 0 fully saturated rings. The Hall–Kier alpha value is -1.85. The Morgan fingerprint density at radius 2 is 2.22 bits per heavy atom. The van der Waals surface area contributed by atoms with Gasteiger partial charge >= 0.3 is 0 Å². The lowest BCUT2D eigenvalue weighted by Crippen LogP contribution is -2.37. The minimum atomic E-state index is -0.269. The zero-order valence-corrected chi connectivity index (χ0v) is 11.0. The molecule has 0 unspecified atom stereocenters. The van der Waals surface area contributed by atoms with Gasteiger partial charge in [-0.2, -0.15) is 0 Å². The summed E-state index contributed by atoms with van der Waals surface area (Å²) in [5.74, 6) is 0.626. The molecule has 0 aliphatic carbocycles. The van der Waals surface area contributed by atoms with Gasteiger partial charge in [-0.1, -0.05) is 18.5 Å². The number of carbonyl (C=O) groups excluding carboxylic acids is 2. The molecule has 2 amide bonds. The second-order valence-corrected chi connectivity index (χ2v) is 4.17. The summed E-state index contributed by atoms with van der Waals surface area (Å²) in [7, 11) is 0. The Bertz CT molecular complexity index is 414. The van der Waals surface area contributed by atoms with E-state index in [1.165, 1.54) is 11.8 Å². The van der Waals surface area contributed by atoms with Crippen molar-refractivity contribution < 1.29 is 14.1 Å². The molecule has 100 valence electrons. The number of hydrogen-bond acceptors (Lipinski definition) is 4. The molecule has 1 heterocycles. The largest absolute Gasteiger partial charge is 0.360 e. The van der Waals surface area contributed by atoms with E-state index in [1.54, 1.807) is 13.0 Å². The van der Waals surface area contributed by atoms with Gasteiger partial charge in [0.2, 0.25) is 11.8 Å². The molecule has 1 rings (SSSR count). The molecular weight excluding hydrogens is 234 g/mol. The van der Waals surface area contributed by atoms with Crippen molar-refractivity contribution in [1.82, 2.24) is 10.1 Å². The topological polar surface area (TPSA) is 75.4 Å². The van der Waals surface area contributed by atoms with Crippen LogP contribution in [0.2, 0.25) is 0 Å². The lowest BCUT2D eigenvalue weighted by atomic mass is 10.3. The van der Waals surface area contributed by atoms with Crippen LogP contribution in [0.15, 0.2) is 10.6 Å². The van der Waals surface area contributed by atoms with Gasteiger partial charge in [0.1, 0.15) is 5.76 Å². The quantitative estimate of drug-likeness (QED) is 0.835. The van der Waals surface area contributed by atoms with Gasteiger partial charge in [-0.05, 0) is 13.3 Å². The third kappa shape index (κ3) is 4.57. The molecular formula is C12H19N3O3. The van der Waals surface area contributed by atoms with Gasteiger partial charge in [0.25, 0.3) is 0 Å². The molecule has 0 radical (unpaired) electrons. The van der Waals surface area contributed by atoms with Crippen molar-refractivity contribution in [1.29, 1.82) is 0 Å². The van der Waals surface area contributed by atoms with Crippen molar-refractivity contribution in [3.8, 4) is 0 Å². The first-order valence-corrected chi connectivity index (χ1v) is 6.01. The molecule has 6 nitrogen and oxygen atoms in total. The normalized spacial score (nSPS) is 10.2. The monoisotopic (exact) mass is 253 g/mol. The van der Waals surface area contributed by atoms with Gasteiger partial charge < -0.3 is 14.7 Å². The van der Waals surface area contributed by atoms with E-state index in [2.05, 4.69) is 10.5 Å². The molecule has 1 aromatic rings. The van der Waals surface area contributed by atoms with Crippen molar-refractivity contribution in [2.75, 3.05) is 18.4 Å². The minimum absolute atomic E-state index is 0.0429. The number of aryl methyl sites for hydroxylation is 1. The summed E-state index contributed by atoms with van der Waals surface area (Å²) in [6.45, 7) is 5.88. The van der Waals surface area contributed by atoms with Crippen molar-refractivity contribution >= 4 is 17.6 Å². The molecule has 6 heteroatoms. The number of carbonyl (C=O) groups is 2. The number of nitrogens with one attached hydrogen (secondary N) is 1. The van der Waals surface area contributed by atoms with Crippen molar-refractivity contribution in [3.63, 3.8) is 0 Å². The summed E-state index contributed by atoms with van der Waals surface area (Å²) >= 11 is 0. The summed E-state index contributed by atoms with van der Waals surface area (Å²) < 4.78 is 4.84. The average molecular weight is 253 g/mol. The maximum atomic E-state index is 11.7. The van der Waals surface area contributed by atoms with Crippen LogP contribution in [0.5, 0.6) is 0 Å². The third-order valence-electron chi connectivity index (χ3n) is 2.46. The highest BCUT2D eigenvalue weighted by Crippen LogP contribution is 2.07. The number of hydrogen-bond donors (Lipinski definition) is 1. The minimum Gasteiger partial charge on any atom is -0.360 e. The second kappa shape index (κ2) is 6.78. The molecule has 0 aromatic carbocycles. The summed E-state index contributed by atoms with van der Waals surface area (Å²) in [5.41, 5.74) is 0. The summed E-state index contributed by atoms with van der Waals surface area (Å²) in [4.78, 5) is 24.6. The number of rotatable bonds is 6. The van der Waals surface area contributed by atoms with Crippen LogP contribution in [0, 0.1) is 6.92 Å². The molecule has 0 aliphatic rings. The van der Waals surface area contributed by atoms with Gasteiger partial charge in [0.05, 0.1) is 6.54 Å². The van der Waals surface area contributed by atoms with Crippen molar-refractivity contribution in [2.45, 2.75) is 33.6 Å². The van der Waals surface area contributed by atoms with Gasteiger partial charge in [0, 0.05) is 19.5 Å². The number of nitrogens with zero attached hydrogens (tertiary/aromatic N) is 2. The Morgan fingerprint density at radius 1 is 1.50 bits per heavy atom. The zero-order valence-electron chi connectivity index (χ0n) is 11.0. The first-order valence-electron chi connectivity index (χ1n) is 6.01. The number of aromatic nitrogens is 1. The van der Waals surface area contributed by atoms with E-state index in [1.807, 2.05) is 6.92 Å². The molecule has 1 N–H and O–H groups in total. The maximum absolute atomic E-state index is 11.7. The molecule has 0 saturated heterocycles. The molecule has 18 heavy (non-hydrogen) atoms.